The predicted octanol–water partition coefficient (Wildman–Crippen LogP) is 2.52. The van der Waals surface area contributed by atoms with Crippen LogP contribution >= 0.6 is 0 Å². The van der Waals surface area contributed by atoms with E-state index in [9.17, 15) is 0 Å². The second-order valence-corrected chi connectivity index (χ2v) is 2.74. The van der Waals surface area contributed by atoms with E-state index in [1.807, 2.05) is 25.3 Å². The zero-order valence-corrected chi connectivity index (χ0v) is 7.26. The maximum absolute atomic E-state index is 4.17. The second kappa shape index (κ2) is 3.33. The van der Waals surface area contributed by atoms with Gasteiger partial charge in [0.2, 0.25) is 0 Å². The molecule has 0 bridgehead atoms. The van der Waals surface area contributed by atoms with Gasteiger partial charge in [-0.05, 0) is 25.5 Å². The molecule has 58 valence electrons. The molecule has 0 N–H and O–H groups in total. The summed E-state index contributed by atoms with van der Waals surface area (Å²) in [5, 5.41) is 0. The summed E-state index contributed by atoms with van der Waals surface area (Å²) in [6.07, 6.45) is 8.17. The summed E-state index contributed by atoms with van der Waals surface area (Å²) in [5.41, 5.74) is 3.63. The largest absolute Gasteiger partial charge is 0.288 e. The first-order valence-electron chi connectivity index (χ1n) is 3.75. The van der Waals surface area contributed by atoms with Crippen LogP contribution in [0.15, 0.2) is 40.4 Å². The van der Waals surface area contributed by atoms with Crippen molar-refractivity contribution < 1.29 is 0 Å². The van der Waals surface area contributed by atoms with Crippen LogP contribution in [0, 0.1) is 0 Å². The first-order chi connectivity index (χ1) is 5.25. The van der Waals surface area contributed by atoms with Gasteiger partial charge in [0.15, 0.2) is 0 Å². The normalized spacial score (nSPS) is 19.5. The quantitative estimate of drug-likeness (QED) is 0.499. The van der Waals surface area contributed by atoms with Gasteiger partial charge in [-0.2, -0.15) is 0 Å². The third-order valence-corrected chi connectivity index (χ3v) is 1.68. The zero-order chi connectivity index (χ0) is 8.27. The van der Waals surface area contributed by atoms with Crippen LogP contribution in [0.2, 0.25) is 0 Å². The van der Waals surface area contributed by atoms with Gasteiger partial charge in [-0.15, -0.1) is 0 Å². The molecule has 0 aromatic rings. The standard InChI is InChI=1S/C10H13N/c1-8(2)9-6-4-5-7-10(9)11-3/h4-7H,1-3H3/b11-10-. The molecular formula is C10H13N. The fraction of sp³-hybridized carbons (Fsp3) is 0.300. The Morgan fingerprint density at radius 3 is 2.27 bits per heavy atom. The van der Waals surface area contributed by atoms with Crippen LogP contribution < -0.4 is 0 Å². The summed E-state index contributed by atoms with van der Waals surface area (Å²) in [6, 6.07) is 0. The average Bonchev–Trinajstić information content (AvgIpc) is 2.04. The van der Waals surface area contributed by atoms with Crippen LogP contribution in [-0.2, 0) is 0 Å². The minimum Gasteiger partial charge on any atom is -0.288 e. The lowest BCUT2D eigenvalue weighted by Crippen LogP contribution is -2.01. The molecule has 0 saturated heterocycles. The molecule has 0 aromatic carbocycles. The number of nitrogens with zero attached hydrogens (tertiary/aromatic N) is 1. The third-order valence-electron chi connectivity index (χ3n) is 1.68. The van der Waals surface area contributed by atoms with Crippen molar-refractivity contribution in [2.75, 3.05) is 7.05 Å². The number of rotatable bonds is 0. The molecule has 0 aliphatic heterocycles. The van der Waals surface area contributed by atoms with Crippen LogP contribution in [0.1, 0.15) is 13.8 Å². The van der Waals surface area contributed by atoms with Crippen molar-refractivity contribution >= 4 is 5.71 Å². The Balaban J connectivity index is 3.08. The summed E-state index contributed by atoms with van der Waals surface area (Å²) in [6.45, 7) is 4.20. The second-order valence-electron chi connectivity index (χ2n) is 2.74. The Morgan fingerprint density at radius 2 is 1.82 bits per heavy atom. The average molecular weight is 147 g/mol. The summed E-state index contributed by atoms with van der Waals surface area (Å²) < 4.78 is 0. The van der Waals surface area contributed by atoms with Gasteiger partial charge in [0.25, 0.3) is 0 Å². The van der Waals surface area contributed by atoms with E-state index in [4.69, 9.17) is 0 Å². The lowest BCUT2D eigenvalue weighted by Gasteiger charge is -2.07. The lowest BCUT2D eigenvalue weighted by molar-refractivity contribution is 1.34. The Morgan fingerprint density at radius 1 is 1.18 bits per heavy atom. The van der Waals surface area contributed by atoms with Crippen molar-refractivity contribution in [3.8, 4) is 0 Å². The summed E-state index contributed by atoms with van der Waals surface area (Å²) in [7, 11) is 1.82. The summed E-state index contributed by atoms with van der Waals surface area (Å²) >= 11 is 0. The van der Waals surface area contributed by atoms with Crippen molar-refractivity contribution in [3.05, 3.63) is 35.5 Å². The fourth-order valence-electron chi connectivity index (χ4n) is 1.09. The molecule has 0 aromatic heterocycles. The van der Waals surface area contributed by atoms with Crippen molar-refractivity contribution in [1.29, 1.82) is 0 Å². The zero-order valence-electron chi connectivity index (χ0n) is 7.26. The van der Waals surface area contributed by atoms with Gasteiger partial charge in [-0.1, -0.05) is 23.8 Å². The molecule has 1 aliphatic rings. The van der Waals surface area contributed by atoms with E-state index in [0.717, 1.165) is 5.71 Å². The summed E-state index contributed by atoms with van der Waals surface area (Å²) in [4.78, 5) is 4.17. The number of hydrogen-bond donors (Lipinski definition) is 0. The van der Waals surface area contributed by atoms with E-state index in [1.54, 1.807) is 0 Å². The van der Waals surface area contributed by atoms with Crippen LogP contribution in [-0.4, -0.2) is 12.8 Å². The van der Waals surface area contributed by atoms with E-state index in [1.165, 1.54) is 11.1 Å². The first kappa shape index (κ1) is 7.99. The molecule has 0 atom stereocenters. The highest BCUT2D eigenvalue weighted by Gasteiger charge is 2.03. The van der Waals surface area contributed by atoms with Crippen LogP contribution in [0.25, 0.3) is 0 Å². The molecule has 1 heteroatoms. The van der Waals surface area contributed by atoms with Gasteiger partial charge in [0.05, 0.1) is 5.71 Å². The van der Waals surface area contributed by atoms with Crippen LogP contribution in [0.3, 0.4) is 0 Å². The minimum atomic E-state index is 1.08. The molecule has 0 unspecified atom stereocenters. The fourth-order valence-corrected chi connectivity index (χ4v) is 1.09. The maximum Gasteiger partial charge on any atom is 0.0642 e. The van der Waals surface area contributed by atoms with Gasteiger partial charge >= 0.3 is 0 Å². The van der Waals surface area contributed by atoms with Gasteiger partial charge in [0, 0.05) is 7.05 Å². The van der Waals surface area contributed by atoms with E-state index < -0.39 is 0 Å². The van der Waals surface area contributed by atoms with Crippen molar-refractivity contribution in [2.45, 2.75) is 13.8 Å². The Hall–Kier alpha value is -1.11. The smallest absolute Gasteiger partial charge is 0.0642 e. The monoisotopic (exact) mass is 147 g/mol. The van der Waals surface area contributed by atoms with Crippen molar-refractivity contribution in [2.24, 2.45) is 4.99 Å². The molecule has 1 nitrogen and oxygen atoms in total. The highest BCUT2D eigenvalue weighted by Crippen LogP contribution is 2.12. The summed E-state index contributed by atoms with van der Waals surface area (Å²) in [5.74, 6) is 0. The molecule has 0 fully saturated rings. The maximum atomic E-state index is 4.17. The SMILES string of the molecule is C/N=C1/C=CC=CC1=C(C)C. The molecule has 0 spiro atoms. The molecule has 1 rings (SSSR count). The third kappa shape index (κ3) is 1.67. The lowest BCUT2D eigenvalue weighted by atomic mass is 10.0. The van der Waals surface area contributed by atoms with Gasteiger partial charge in [-0.25, -0.2) is 0 Å². The molecule has 0 saturated carbocycles. The Labute approximate surface area is 67.8 Å². The van der Waals surface area contributed by atoms with Gasteiger partial charge in [0.1, 0.15) is 0 Å². The van der Waals surface area contributed by atoms with E-state index >= 15 is 0 Å². The number of aliphatic imine (C=N–C) groups is 1. The predicted molar refractivity (Wildman–Crippen MR) is 50.0 cm³/mol. The van der Waals surface area contributed by atoms with Crippen LogP contribution in [0.4, 0.5) is 0 Å². The molecule has 0 radical (unpaired) electrons. The highest BCUT2D eigenvalue weighted by atomic mass is 14.7. The van der Waals surface area contributed by atoms with E-state index in [0.29, 0.717) is 0 Å². The van der Waals surface area contributed by atoms with Gasteiger partial charge < -0.3 is 0 Å². The van der Waals surface area contributed by atoms with Crippen LogP contribution in [0.5, 0.6) is 0 Å². The number of hydrogen-bond acceptors (Lipinski definition) is 1. The molecule has 0 amide bonds. The molecule has 1 aliphatic carbocycles. The highest BCUT2D eigenvalue weighted by molar-refractivity contribution is 6.11. The van der Waals surface area contributed by atoms with Crippen molar-refractivity contribution in [1.82, 2.24) is 0 Å². The van der Waals surface area contributed by atoms with Gasteiger partial charge in [-0.3, -0.25) is 4.99 Å². The minimum absolute atomic E-state index is 1.08. The van der Waals surface area contributed by atoms with E-state index in [2.05, 4.69) is 24.9 Å². The Bertz CT molecular complexity index is 261. The Kier molecular flexibility index (Phi) is 2.42. The topological polar surface area (TPSA) is 12.4 Å². The van der Waals surface area contributed by atoms with E-state index in [-0.39, 0.29) is 0 Å². The first-order valence-corrected chi connectivity index (χ1v) is 3.75. The molecule has 11 heavy (non-hydrogen) atoms. The van der Waals surface area contributed by atoms with Crippen molar-refractivity contribution in [3.63, 3.8) is 0 Å². The molecular weight excluding hydrogens is 134 g/mol. The molecule has 0 heterocycles. The number of allylic oxidation sites excluding steroid dienone is 6.